The zero-order chi connectivity index (χ0) is 11.3. The Morgan fingerprint density at radius 2 is 1.87 bits per heavy atom. The van der Waals surface area contributed by atoms with Crippen LogP contribution in [0.5, 0.6) is 0 Å². The van der Waals surface area contributed by atoms with E-state index in [0.29, 0.717) is 5.41 Å². The fourth-order valence-electron chi connectivity index (χ4n) is 3.18. The van der Waals surface area contributed by atoms with Crippen molar-refractivity contribution in [1.82, 2.24) is 0 Å². The fraction of sp³-hybridized carbons (Fsp3) is 1.00. The van der Waals surface area contributed by atoms with Gasteiger partial charge in [0.15, 0.2) is 0 Å². The Labute approximate surface area is 96.8 Å². The van der Waals surface area contributed by atoms with Gasteiger partial charge in [-0.25, -0.2) is 0 Å². The van der Waals surface area contributed by atoms with E-state index in [0.717, 1.165) is 11.8 Å². The highest BCUT2D eigenvalue weighted by Gasteiger charge is 2.25. The van der Waals surface area contributed by atoms with Crippen molar-refractivity contribution in [2.24, 2.45) is 17.3 Å². The smallest absolute Gasteiger partial charge is 0.0351 e. The Morgan fingerprint density at radius 3 is 2.53 bits per heavy atom. The summed E-state index contributed by atoms with van der Waals surface area (Å²) in [4.78, 5) is 0. The minimum Gasteiger partial charge on any atom is -0.0654 e. The van der Waals surface area contributed by atoms with E-state index in [1.165, 1.54) is 51.4 Å². The molecule has 0 saturated heterocycles. The molecule has 0 nitrogen and oxygen atoms in total. The second-order valence-electron chi connectivity index (χ2n) is 6.60. The Balaban J connectivity index is 2.54. The Morgan fingerprint density at radius 1 is 1.13 bits per heavy atom. The van der Waals surface area contributed by atoms with Gasteiger partial charge in [-0.2, -0.15) is 0 Å². The molecule has 0 aromatic rings. The van der Waals surface area contributed by atoms with Crippen molar-refractivity contribution in [2.75, 3.05) is 0 Å². The lowest BCUT2D eigenvalue weighted by Crippen LogP contribution is -2.17. The van der Waals surface area contributed by atoms with Crippen LogP contribution < -0.4 is 0 Å². The summed E-state index contributed by atoms with van der Waals surface area (Å²) in [5, 5.41) is 0. The monoisotopic (exact) mass is 210 g/mol. The first kappa shape index (κ1) is 13.1. The molecule has 0 aliphatic heterocycles. The lowest BCUT2D eigenvalue weighted by molar-refractivity contribution is 0.227. The van der Waals surface area contributed by atoms with E-state index < -0.39 is 0 Å². The quantitative estimate of drug-likeness (QED) is 0.571. The van der Waals surface area contributed by atoms with Crippen LogP contribution in [0.3, 0.4) is 0 Å². The molecular weight excluding hydrogens is 180 g/mol. The molecule has 0 aromatic heterocycles. The number of hydrogen-bond acceptors (Lipinski definition) is 0. The molecule has 0 bridgehead atoms. The summed E-state index contributed by atoms with van der Waals surface area (Å²) in [6, 6.07) is 0. The highest BCUT2D eigenvalue weighted by molar-refractivity contribution is 4.77. The maximum absolute atomic E-state index is 2.48. The van der Waals surface area contributed by atoms with Crippen LogP contribution in [0.15, 0.2) is 0 Å². The minimum atomic E-state index is 0.596. The predicted molar refractivity (Wildman–Crippen MR) is 69.0 cm³/mol. The van der Waals surface area contributed by atoms with Crippen LogP contribution in [-0.4, -0.2) is 0 Å². The van der Waals surface area contributed by atoms with Crippen molar-refractivity contribution in [3.05, 3.63) is 0 Å². The largest absolute Gasteiger partial charge is 0.0654 e. The summed E-state index contributed by atoms with van der Waals surface area (Å²) in [6.07, 6.45) is 11.6. The molecule has 1 fully saturated rings. The molecule has 0 N–H and O–H groups in total. The SMILES string of the molecule is CCCC1CCCC(C)CCC(C)(C)C1. The van der Waals surface area contributed by atoms with E-state index in [2.05, 4.69) is 27.7 Å². The second kappa shape index (κ2) is 5.92. The summed E-state index contributed by atoms with van der Waals surface area (Å²) in [5.41, 5.74) is 0.596. The first-order valence-corrected chi connectivity index (χ1v) is 7.03. The molecule has 2 unspecified atom stereocenters. The van der Waals surface area contributed by atoms with E-state index in [9.17, 15) is 0 Å². The lowest BCUT2D eigenvalue weighted by atomic mass is 9.77. The molecule has 1 saturated carbocycles. The first-order chi connectivity index (χ1) is 7.03. The molecule has 2 atom stereocenters. The zero-order valence-electron chi connectivity index (χ0n) is 11.3. The van der Waals surface area contributed by atoms with E-state index in [-0.39, 0.29) is 0 Å². The summed E-state index contributed by atoms with van der Waals surface area (Å²) >= 11 is 0. The van der Waals surface area contributed by atoms with E-state index in [1.54, 1.807) is 0 Å². The van der Waals surface area contributed by atoms with Gasteiger partial charge in [0.25, 0.3) is 0 Å². The summed E-state index contributed by atoms with van der Waals surface area (Å²) < 4.78 is 0. The minimum absolute atomic E-state index is 0.596. The summed E-state index contributed by atoms with van der Waals surface area (Å²) in [7, 11) is 0. The van der Waals surface area contributed by atoms with E-state index in [4.69, 9.17) is 0 Å². The third kappa shape index (κ3) is 5.04. The second-order valence-corrected chi connectivity index (χ2v) is 6.60. The van der Waals surface area contributed by atoms with Crippen LogP contribution in [0.1, 0.15) is 79.1 Å². The average Bonchev–Trinajstić information content (AvgIpc) is 2.19. The van der Waals surface area contributed by atoms with Crippen molar-refractivity contribution in [2.45, 2.75) is 79.1 Å². The van der Waals surface area contributed by atoms with Gasteiger partial charge in [-0.05, 0) is 30.1 Å². The molecule has 0 radical (unpaired) electrons. The van der Waals surface area contributed by atoms with Crippen LogP contribution in [0.25, 0.3) is 0 Å². The first-order valence-electron chi connectivity index (χ1n) is 7.03. The van der Waals surface area contributed by atoms with Gasteiger partial charge in [-0.3, -0.25) is 0 Å². The normalized spacial score (nSPS) is 32.8. The van der Waals surface area contributed by atoms with Gasteiger partial charge in [0.2, 0.25) is 0 Å². The molecule has 0 spiro atoms. The molecule has 0 amide bonds. The van der Waals surface area contributed by atoms with Crippen molar-refractivity contribution >= 4 is 0 Å². The molecule has 1 rings (SSSR count). The van der Waals surface area contributed by atoms with Crippen LogP contribution >= 0.6 is 0 Å². The van der Waals surface area contributed by atoms with Gasteiger partial charge in [0, 0.05) is 0 Å². The van der Waals surface area contributed by atoms with Gasteiger partial charge < -0.3 is 0 Å². The van der Waals surface area contributed by atoms with Gasteiger partial charge in [-0.1, -0.05) is 66.2 Å². The maximum atomic E-state index is 2.48. The molecule has 0 heteroatoms. The van der Waals surface area contributed by atoms with Crippen LogP contribution in [0, 0.1) is 17.3 Å². The van der Waals surface area contributed by atoms with E-state index >= 15 is 0 Å². The van der Waals surface area contributed by atoms with Crippen molar-refractivity contribution in [1.29, 1.82) is 0 Å². The number of hydrogen-bond donors (Lipinski definition) is 0. The highest BCUT2D eigenvalue weighted by atomic mass is 14.3. The maximum Gasteiger partial charge on any atom is -0.0351 e. The topological polar surface area (TPSA) is 0 Å². The third-order valence-electron chi connectivity index (χ3n) is 4.16. The van der Waals surface area contributed by atoms with Gasteiger partial charge in [-0.15, -0.1) is 0 Å². The Kier molecular flexibility index (Phi) is 5.15. The van der Waals surface area contributed by atoms with Gasteiger partial charge >= 0.3 is 0 Å². The van der Waals surface area contributed by atoms with E-state index in [1.807, 2.05) is 0 Å². The van der Waals surface area contributed by atoms with Crippen molar-refractivity contribution in [3.8, 4) is 0 Å². The van der Waals surface area contributed by atoms with Crippen LogP contribution in [-0.2, 0) is 0 Å². The number of rotatable bonds is 2. The molecule has 0 aromatic carbocycles. The van der Waals surface area contributed by atoms with Crippen molar-refractivity contribution in [3.63, 3.8) is 0 Å². The van der Waals surface area contributed by atoms with Crippen LogP contribution in [0.2, 0.25) is 0 Å². The lowest BCUT2D eigenvalue weighted by Gasteiger charge is -2.29. The molecule has 90 valence electrons. The molecular formula is C15H30. The molecule has 1 aliphatic rings. The molecule has 0 heterocycles. The van der Waals surface area contributed by atoms with Gasteiger partial charge in [0.05, 0.1) is 0 Å². The summed E-state index contributed by atoms with van der Waals surface area (Å²) in [6.45, 7) is 9.74. The average molecular weight is 210 g/mol. The highest BCUT2D eigenvalue weighted by Crippen LogP contribution is 2.38. The molecule has 15 heavy (non-hydrogen) atoms. The molecule has 1 aliphatic carbocycles. The fourth-order valence-corrected chi connectivity index (χ4v) is 3.18. The third-order valence-corrected chi connectivity index (χ3v) is 4.16. The Hall–Kier alpha value is 0. The Bertz CT molecular complexity index is 169. The standard InChI is InChI=1S/C15H30/c1-5-7-14-9-6-8-13(2)10-11-15(3,4)12-14/h13-14H,5-12H2,1-4H3. The van der Waals surface area contributed by atoms with Gasteiger partial charge in [0.1, 0.15) is 0 Å². The zero-order valence-corrected chi connectivity index (χ0v) is 11.3. The van der Waals surface area contributed by atoms with Crippen molar-refractivity contribution < 1.29 is 0 Å². The summed E-state index contributed by atoms with van der Waals surface area (Å²) in [5.74, 6) is 1.97. The predicted octanol–water partition coefficient (Wildman–Crippen LogP) is 5.42. The van der Waals surface area contributed by atoms with Crippen LogP contribution in [0.4, 0.5) is 0 Å².